The lowest BCUT2D eigenvalue weighted by molar-refractivity contribution is -0.128. The Kier molecular flexibility index (Phi) is 4.53. The molecule has 1 fully saturated rings. The number of rotatable bonds is 4. The largest absolute Gasteiger partial charge is 0.369 e. The molecule has 0 spiro atoms. The van der Waals surface area contributed by atoms with E-state index in [4.69, 9.17) is 4.74 Å². The highest BCUT2D eigenvalue weighted by Gasteiger charge is 2.21. The van der Waals surface area contributed by atoms with Gasteiger partial charge in [0.05, 0.1) is 6.61 Å². The summed E-state index contributed by atoms with van der Waals surface area (Å²) in [6, 6.07) is 0. The summed E-state index contributed by atoms with van der Waals surface area (Å²) in [5.41, 5.74) is 1.00. The quantitative estimate of drug-likeness (QED) is 0.650. The first-order valence-corrected chi connectivity index (χ1v) is 5.78. The Morgan fingerprint density at radius 1 is 1.69 bits per heavy atom. The summed E-state index contributed by atoms with van der Waals surface area (Å²) in [6.07, 6.45) is 1.19. The molecule has 1 saturated heterocycles. The van der Waals surface area contributed by atoms with Gasteiger partial charge in [-0.1, -0.05) is 19.1 Å². The van der Waals surface area contributed by atoms with Crippen LogP contribution in [-0.4, -0.2) is 30.0 Å². The van der Waals surface area contributed by atoms with E-state index in [0.717, 1.165) is 23.5 Å². The normalized spacial score (nSPS) is 22.7. The zero-order chi connectivity index (χ0) is 9.68. The molecule has 0 aromatic carbocycles. The average molecular weight is 200 g/mol. The highest BCUT2D eigenvalue weighted by atomic mass is 32.2. The Morgan fingerprint density at radius 3 is 3.00 bits per heavy atom. The molecule has 1 atom stereocenters. The highest BCUT2D eigenvalue weighted by molar-refractivity contribution is 7.99. The zero-order valence-electron chi connectivity index (χ0n) is 8.04. The Hall–Kier alpha value is -0.280. The summed E-state index contributed by atoms with van der Waals surface area (Å²) in [5.74, 6) is 2.02. The van der Waals surface area contributed by atoms with E-state index in [1.165, 1.54) is 0 Å². The number of thioether (sulfide) groups is 1. The SMILES string of the molecule is C=C(CC)CC(=O)C1CSCCO1. The van der Waals surface area contributed by atoms with Gasteiger partial charge in [-0.3, -0.25) is 4.79 Å². The number of allylic oxidation sites excluding steroid dienone is 1. The molecule has 1 rings (SSSR count). The van der Waals surface area contributed by atoms with Crippen molar-refractivity contribution in [2.24, 2.45) is 0 Å². The predicted molar refractivity (Wildman–Crippen MR) is 56.1 cm³/mol. The molecular weight excluding hydrogens is 184 g/mol. The van der Waals surface area contributed by atoms with Crippen LogP contribution in [-0.2, 0) is 9.53 Å². The van der Waals surface area contributed by atoms with Gasteiger partial charge < -0.3 is 4.74 Å². The van der Waals surface area contributed by atoms with Crippen molar-refractivity contribution in [2.45, 2.75) is 25.9 Å². The molecule has 2 nitrogen and oxygen atoms in total. The third-order valence-corrected chi connectivity index (χ3v) is 3.09. The lowest BCUT2D eigenvalue weighted by Crippen LogP contribution is -2.31. The first-order valence-electron chi connectivity index (χ1n) is 4.62. The number of Topliss-reactive ketones (excluding diaryl/α,β-unsaturated/α-hetero) is 1. The molecule has 0 amide bonds. The molecule has 0 aliphatic carbocycles. The number of hydrogen-bond acceptors (Lipinski definition) is 3. The van der Waals surface area contributed by atoms with Gasteiger partial charge in [-0.15, -0.1) is 0 Å². The minimum atomic E-state index is -0.179. The van der Waals surface area contributed by atoms with Crippen LogP contribution in [0.4, 0.5) is 0 Å². The average Bonchev–Trinajstić information content (AvgIpc) is 2.19. The third-order valence-electron chi connectivity index (χ3n) is 2.10. The molecular formula is C10H16O2S. The lowest BCUT2D eigenvalue weighted by atomic mass is 10.1. The number of ketones is 1. The Bertz CT molecular complexity index is 195. The molecule has 0 aromatic rings. The fourth-order valence-corrected chi connectivity index (χ4v) is 2.04. The summed E-state index contributed by atoms with van der Waals surface area (Å²) in [6.45, 7) is 6.55. The van der Waals surface area contributed by atoms with Gasteiger partial charge in [0.15, 0.2) is 5.78 Å². The van der Waals surface area contributed by atoms with Crippen molar-refractivity contribution in [3.8, 4) is 0 Å². The first-order chi connectivity index (χ1) is 6.24. The van der Waals surface area contributed by atoms with E-state index in [-0.39, 0.29) is 11.9 Å². The van der Waals surface area contributed by atoms with Gasteiger partial charge in [0, 0.05) is 17.9 Å². The fourth-order valence-electron chi connectivity index (χ4n) is 1.16. The molecule has 0 saturated carbocycles. The van der Waals surface area contributed by atoms with Crippen LogP contribution >= 0.6 is 11.8 Å². The number of ether oxygens (including phenoxy) is 1. The molecule has 74 valence electrons. The lowest BCUT2D eigenvalue weighted by Gasteiger charge is -2.21. The standard InChI is InChI=1S/C10H16O2S/c1-3-8(2)6-9(11)10-7-13-5-4-12-10/h10H,2-7H2,1H3. The smallest absolute Gasteiger partial charge is 0.166 e. The highest BCUT2D eigenvalue weighted by Crippen LogP contribution is 2.16. The minimum absolute atomic E-state index is 0.179. The van der Waals surface area contributed by atoms with Crippen molar-refractivity contribution in [2.75, 3.05) is 18.1 Å². The van der Waals surface area contributed by atoms with E-state index in [9.17, 15) is 4.79 Å². The molecule has 13 heavy (non-hydrogen) atoms. The minimum Gasteiger partial charge on any atom is -0.369 e. The summed E-state index contributed by atoms with van der Waals surface area (Å²) < 4.78 is 5.37. The van der Waals surface area contributed by atoms with Crippen molar-refractivity contribution < 1.29 is 9.53 Å². The van der Waals surface area contributed by atoms with Crippen LogP contribution in [0, 0.1) is 0 Å². The van der Waals surface area contributed by atoms with Crippen LogP contribution in [0.2, 0.25) is 0 Å². The molecule has 1 heterocycles. The summed E-state index contributed by atoms with van der Waals surface area (Å²) >= 11 is 1.79. The molecule has 0 bridgehead atoms. The Balaban J connectivity index is 2.33. The van der Waals surface area contributed by atoms with E-state index < -0.39 is 0 Å². The molecule has 1 unspecified atom stereocenters. The maximum absolute atomic E-state index is 11.6. The van der Waals surface area contributed by atoms with Gasteiger partial charge in [-0.25, -0.2) is 0 Å². The predicted octanol–water partition coefficient (Wildman–Crippen LogP) is 2.04. The van der Waals surface area contributed by atoms with Crippen molar-refractivity contribution >= 4 is 17.5 Å². The van der Waals surface area contributed by atoms with Crippen LogP contribution in [0.5, 0.6) is 0 Å². The topological polar surface area (TPSA) is 26.3 Å². The van der Waals surface area contributed by atoms with Crippen LogP contribution in [0.25, 0.3) is 0 Å². The van der Waals surface area contributed by atoms with E-state index in [1.54, 1.807) is 11.8 Å². The third kappa shape index (κ3) is 3.53. The Labute approximate surface area is 83.7 Å². The van der Waals surface area contributed by atoms with E-state index in [1.807, 2.05) is 6.92 Å². The second kappa shape index (κ2) is 5.45. The monoisotopic (exact) mass is 200 g/mol. The van der Waals surface area contributed by atoms with Crippen molar-refractivity contribution in [1.29, 1.82) is 0 Å². The van der Waals surface area contributed by atoms with E-state index in [0.29, 0.717) is 13.0 Å². The second-order valence-corrected chi connectivity index (χ2v) is 4.33. The molecule has 0 N–H and O–H groups in total. The molecule has 0 aromatic heterocycles. The Morgan fingerprint density at radius 2 is 2.46 bits per heavy atom. The van der Waals surface area contributed by atoms with Crippen LogP contribution in [0.15, 0.2) is 12.2 Å². The van der Waals surface area contributed by atoms with Gasteiger partial charge in [-0.2, -0.15) is 11.8 Å². The number of carbonyl (C=O) groups excluding carboxylic acids is 1. The molecule has 0 radical (unpaired) electrons. The van der Waals surface area contributed by atoms with Gasteiger partial charge in [0.2, 0.25) is 0 Å². The fraction of sp³-hybridized carbons (Fsp3) is 0.700. The van der Waals surface area contributed by atoms with Crippen LogP contribution in [0.3, 0.4) is 0 Å². The van der Waals surface area contributed by atoms with Crippen molar-refractivity contribution in [3.05, 3.63) is 12.2 Å². The van der Waals surface area contributed by atoms with E-state index >= 15 is 0 Å². The molecule has 1 aliphatic heterocycles. The van der Waals surface area contributed by atoms with E-state index in [2.05, 4.69) is 6.58 Å². The van der Waals surface area contributed by atoms with Gasteiger partial charge >= 0.3 is 0 Å². The summed E-state index contributed by atoms with van der Waals surface area (Å²) in [4.78, 5) is 11.6. The van der Waals surface area contributed by atoms with Crippen molar-refractivity contribution in [1.82, 2.24) is 0 Å². The van der Waals surface area contributed by atoms with Gasteiger partial charge in [0.25, 0.3) is 0 Å². The van der Waals surface area contributed by atoms with Crippen LogP contribution < -0.4 is 0 Å². The molecule has 3 heteroatoms. The summed E-state index contributed by atoms with van der Waals surface area (Å²) in [5, 5.41) is 0. The van der Waals surface area contributed by atoms with Crippen molar-refractivity contribution in [3.63, 3.8) is 0 Å². The maximum atomic E-state index is 11.6. The second-order valence-electron chi connectivity index (χ2n) is 3.18. The molecule has 1 aliphatic rings. The zero-order valence-corrected chi connectivity index (χ0v) is 8.86. The van der Waals surface area contributed by atoms with Gasteiger partial charge in [0.1, 0.15) is 6.10 Å². The van der Waals surface area contributed by atoms with Gasteiger partial charge in [-0.05, 0) is 6.42 Å². The summed E-state index contributed by atoms with van der Waals surface area (Å²) in [7, 11) is 0. The maximum Gasteiger partial charge on any atom is 0.166 e. The van der Waals surface area contributed by atoms with Crippen LogP contribution in [0.1, 0.15) is 19.8 Å². The first kappa shape index (κ1) is 10.8. The number of carbonyl (C=O) groups is 1. The number of hydrogen-bond donors (Lipinski definition) is 0.